The van der Waals surface area contributed by atoms with Gasteiger partial charge in [0.25, 0.3) is 5.91 Å². The number of rotatable bonds is 4. The maximum atomic E-state index is 14.1. The van der Waals surface area contributed by atoms with E-state index < -0.39 is 5.83 Å². The number of fused-ring (bicyclic) bond motifs is 1. The van der Waals surface area contributed by atoms with E-state index in [4.69, 9.17) is 0 Å². The molecule has 10 heteroatoms. The van der Waals surface area contributed by atoms with E-state index in [1.54, 1.807) is 18.3 Å². The number of hydrogen-bond donors (Lipinski definition) is 0. The standard InChI is InChI=1S/C23H22F3N5OS/c1-14-27-20(21(33-14)15-5-7-16(24)8-6-15)23(32)31-9-3-2-4-18(31)10-17-11-29-13-30(26)12-19(25)22(29)28-17/h5-8,11-12,18H,2-4,9-10,13H2,1H3/q+1/t18-/m0/s1. The van der Waals surface area contributed by atoms with Gasteiger partial charge in [0.15, 0.2) is 6.20 Å². The number of halogens is 3. The van der Waals surface area contributed by atoms with Gasteiger partial charge in [0, 0.05) is 19.0 Å². The van der Waals surface area contributed by atoms with E-state index >= 15 is 0 Å². The van der Waals surface area contributed by atoms with Crippen LogP contribution >= 0.6 is 11.3 Å². The van der Waals surface area contributed by atoms with E-state index in [1.807, 2.05) is 11.8 Å². The summed E-state index contributed by atoms with van der Waals surface area (Å²) in [6.07, 6.45) is 5.50. The van der Waals surface area contributed by atoms with Gasteiger partial charge in [-0.3, -0.25) is 4.79 Å². The van der Waals surface area contributed by atoms with E-state index in [9.17, 15) is 18.1 Å². The van der Waals surface area contributed by atoms with Crippen LogP contribution in [0, 0.1) is 12.7 Å². The zero-order valence-electron chi connectivity index (χ0n) is 18.0. The Morgan fingerprint density at radius 1 is 1.24 bits per heavy atom. The van der Waals surface area contributed by atoms with Crippen LogP contribution < -0.4 is 4.90 Å². The number of aliphatic imine (C=N–C) groups is 1. The summed E-state index contributed by atoms with van der Waals surface area (Å²) < 4.78 is 41.0. The molecule has 0 N–H and O–H groups in total. The highest BCUT2D eigenvalue weighted by Gasteiger charge is 2.40. The van der Waals surface area contributed by atoms with Gasteiger partial charge in [0.05, 0.1) is 16.1 Å². The molecule has 171 valence electrons. The molecule has 33 heavy (non-hydrogen) atoms. The minimum absolute atomic E-state index is 0.0984. The number of nitrogens with zero attached hydrogens (tertiary/aromatic N) is 5. The smallest absolute Gasteiger partial charge is 0.321 e. The number of likely N-dealkylation sites (tertiary alicyclic amines) is 1. The molecule has 6 nitrogen and oxygen atoms in total. The van der Waals surface area contributed by atoms with E-state index in [0.717, 1.165) is 40.9 Å². The molecule has 3 aliphatic rings. The summed E-state index contributed by atoms with van der Waals surface area (Å²) in [5.74, 6) is -1.14. The number of benzene rings is 1. The van der Waals surface area contributed by atoms with Crippen LogP contribution in [0.3, 0.4) is 0 Å². The van der Waals surface area contributed by atoms with Crippen LogP contribution in [0.4, 0.5) is 13.3 Å². The number of aromatic nitrogens is 1. The van der Waals surface area contributed by atoms with Gasteiger partial charge in [0.2, 0.25) is 12.5 Å². The van der Waals surface area contributed by atoms with Crippen molar-refractivity contribution in [2.24, 2.45) is 4.99 Å². The van der Waals surface area contributed by atoms with Crippen LogP contribution in [0.15, 0.2) is 53.2 Å². The van der Waals surface area contributed by atoms with E-state index in [1.165, 1.54) is 28.4 Å². The summed E-state index contributed by atoms with van der Waals surface area (Å²) in [6, 6.07) is 5.92. The quantitative estimate of drug-likeness (QED) is 0.464. The molecule has 1 fully saturated rings. The third kappa shape index (κ3) is 4.32. The number of hydrogen-bond acceptors (Lipinski definition) is 6. The van der Waals surface area contributed by atoms with Crippen LogP contribution in [0.1, 0.15) is 41.2 Å². The lowest BCUT2D eigenvalue weighted by Gasteiger charge is -2.35. The SMILES string of the molecule is Cc1nc(C(=O)N2CCCC[C@H]2CC2=C[N+]3CN(F)C=C(F)C3=N2)c(-c2ccc(F)cc2)s1. The molecular weight excluding hydrogens is 451 g/mol. The number of piperidine rings is 1. The van der Waals surface area contributed by atoms with Crippen molar-refractivity contribution in [2.75, 3.05) is 13.2 Å². The number of amides is 1. The minimum atomic E-state index is -0.728. The Kier molecular flexibility index (Phi) is 5.79. The third-order valence-electron chi connectivity index (χ3n) is 5.96. The number of thiazole rings is 1. The summed E-state index contributed by atoms with van der Waals surface area (Å²) in [4.78, 5) is 26.4. The van der Waals surface area contributed by atoms with Gasteiger partial charge >= 0.3 is 5.84 Å². The maximum Gasteiger partial charge on any atom is 0.321 e. The highest BCUT2D eigenvalue weighted by molar-refractivity contribution is 7.15. The predicted octanol–water partition coefficient (Wildman–Crippen LogP) is 5.00. The van der Waals surface area contributed by atoms with E-state index in [-0.39, 0.29) is 35.4 Å². The lowest BCUT2D eigenvalue weighted by Crippen LogP contribution is -2.44. The van der Waals surface area contributed by atoms with Crippen molar-refractivity contribution in [3.8, 4) is 10.4 Å². The third-order valence-corrected chi connectivity index (χ3v) is 6.98. The van der Waals surface area contributed by atoms with Crippen molar-refractivity contribution < 1.29 is 18.1 Å². The molecule has 3 aliphatic heterocycles. The Hall–Kier alpha value is -2.98. The predicted molar refractivity (Wildman–Crippen MR) is 120 cm³/mol. The van der Waals surface area contributed by atoms with Crippen LogP contribution in [0.2, 0.25) is 0 Å². The molecule has 0 bridgehead atoms. The van der Waals surface area contributed by atoms with E-state index in [0.29, 0.717) is 24.4 Å². The van der Waals surface area contributed by atoms with Crippen molar-refractivity contribution >= 4 is 23.1 Å². The molecule has 1 amide bonds. The van der Waals surface area contributed by atoms with Crippen molar-refractivity contribution in [3.05, 3.63) is 64.7 Å². The van der Waals surface area contributed by atoms with Crippen molar-refractivity contribution in [1.29, 1.82) is 0 Å². The molecule has 4 heterocycles. The summed E-state index contributed by atoms with van der Waals surface area (Å²) in [6.45, 7) is 2.30. The monoisotopic (exact) mass is 473 g/mol. The number of carbonyl (C=O) groups excluding carboxylic acids is 1. The molecule has 0 unspecified atom stereocenters. The summed E-state index contributed by atoms with van der Waals surface area (Å²) in [7, 11) is 0. The van der Waals surface area contributed by atoms with Crippen LogP contribution in [-0.4, -0.2) is 46.0 Å². The Labute approximate surface area is 193 Å². The second-order valence-corrected chi connectivity index (χ2v) is 9.52. The average molecular weight is 474 g/mol. The van der Waals surface area contributed by atoms with Gasteiger partial charge in [-0.15, -0.1) is 11.3 Å². The molecular formula is C23H22F3N5OS+. The molecule has 2 aromatic rings. The molecule has 1 saturated heterocycles. The van der Waals surface area contributed by atoms with Gasteiger partial charge in [-0.2, -0.15) is 14.5 Å². The molecule has 1 radical (unpaired) electrons. The fraction of sp³-hybridized carbons (Fsp3) is 0.348. The van der Waals surface area contributed by atoms with Crippen molar-refractivity contribution in [1.82, 2.24) is 19.9 Å². The van der Waals surface area contributed by atoms with Crippen LogP contribution in [0.5, 0.6) is 0 Å². The Morgan fingerprint density at radius 2 is 2.03 bits per heavy atom. The van der Waals surface area contributed by atoms with Crippen LogP contribution in [-0.2, 0) is 0 Å². The second kappa shape index (κ2) is 8.75. The summed E-state index contributed by atoms with van der Waals surface area (Å²) >= 11 is 1.40. The molecule has 1 aromatic heterocycles. The summed E-state index contributed by atoms with van der Waals surface area (Å²) in [5, 5.41) is 1.03. The van der Waals surface area contributed by atoms with Gasteiger partial charge in [-0.1, -0.05) is 21.5 Å². The average Bonchev–Trinajstić information content (AvgIpc) is 3.37. The first kappa shape index (κ1) is 21.8. The normalized spacial score (nSPS) is 21.0. The van der Waals surface area contributed by atoms with Gasteiger partial charge in [-0.25, -0.2) is 9.37 Å². The molecule has 5 rings (SSSR count). The van der Waals surface area contributed by atoms with Crippen molar-refractivity contribution in [2.45, 2.75) is 38.6 Å². The Morgan fingerprint density at radius 3 is 2.82 bits per heavy atom. The largest absolute Gasteiger partial charge is 0.334 e. The molecule has 1 aromatic carbocycles. The van der Waals surface area contributed by atoms with Gasteiger partial charge in [0.1, 0.15) is 17.2 Å². The van der Waals surface area contributed by atoms with Crippen molar-refractivity contribution in [3.63, 3.8) is 0 Å². The zero-order valence-corrected chi connectivity index (χ0v) is 18.8. The fourth-order valence-corrected chi connectivity index (χ4v) is 5.38. The van der Waals surface area contributed by atoms with Gasteiger partial charge in [-0.05, 0) is 43.9 Å². The number of aryl methyl sites for hydroxylation is 1. The first-order chi connectivity index (χ1) is 15.9. The maximum absolute atomic E-state index is 14.1. The van der Waals surface area contributed by atoms with Gasteiger partial charge < -0.3 is 4.90 Å². The first-order valence-corrected chi connectivity index (χ1v) is 11.6. The Bertz CT molecular complexity index is 1170. The highest BCUT2D eigenvalue weighted by atomic mass is 32.1. The summed E-state index contributed by atoms with van der Waals surface area (Å²) in [5.41, 5.74) is 1.72. The lowest BCUT2D eigenvalue weighted by molar-refractivity contribution is 0.0608. The van der Waals surface area contributed by atoms with E-state index in [2.05, 4.69) is 9.98 Å². The first-order valence-electron chi connectivity index (χ1n) is 10.8. The fourth-order valence-electron chi connectivity index (χ4n) is 4.46. The second-order valence-electron chi connectivity index (χ2n) is 8.31. The Balaban J connectivity index is 1.39. The number of carbonyl (C=O) groups is 1. The molecule has 0 aliphatic carbocycles. The topological polar surface area (TPSA) is 54.7 Å². The zero-order chi connectivity index (χ0) is 23.1. The molecule has 0 saturated carbocycles. The molecule has 1 atom stereocenters. The molecule has 0 spiro atoms. The minimum Gasteiger partial charge on any atom is -0.334 e. The highest BCUT2D eigenvalue weighted by Crippen LogP contribution is 2.34. The van der Waals surface area contributed by atoms with Crippen LogP contribution in [0.25, 0.3) is 10.4 Å². The lowest BCUT2D eigenvalue weighted by atomic mass is 9.97. The number of amidine groups is 1.